The summed E-state index contributed by atoms with van der Waals surface area (Å²) in [6.07, 6.45) is 4.95. The van der Waals surface area contributed by atoms with Crippen LogP contribution < -0.4 is 4.57 Å². The third kappa shape index (κ3) is 3.65. The predicted octanol–water partition coefficient (Wildman–Crippen LogP) is 7.48. The van der Waals surface area contributed by atoms with Crippen LogP contribution in [0.4, 0.5) is 0 Å². The van der Waals surface area contributed by atoms with Crippen LogP contribution in [-0.4, -0.2) is 4.98 Å². The number of hydrogen-bond donors (Lipinski definition) is 0. The third-order valence-electron chi connectivity index (χ3n) is 6.67. The molecule has 0 spiro atoms. The molecule has 0 unspecified atom stereocenters. The summed E-state index contributed by atoms with van der Waals surface area (Å²) in [5.41, 5.74) is 8.25. The van der Waals surface area contributed by atoms with Gasteiger partial charge >= 0.3 is 0 Å². The monoisotopic (exact) mass is 464 g/mol. The molecule has 34 heavy (non-hydrogen) atoms. The Morgan fingerprint density at radius 1 is 1.03 bits per heavy atom. The van der Waals surface area contributed by atoms with Gasteiger partial charge in [0.15, 0.2) is 6.20 Å². The molecule has 3 aromatic heterocycles. The number of rotatable bonds is 2. The third-order valence-corrected chi connectivity index (χ3v) is 7.92. The maximum absolute atomic E-state index is 10.0. The Labute approximate surface area is 205 Å². The van der Waals surface area contributed by atoms with Crippen LogP contribution in [0.5, 0.6) is 0 Å². The zero-order valence-electron chi connectivity index (χ0n) is 21.0. The van der Waals surface area contributed by atoms with Crippen molar-refractivity contribution in [2.24, 2.45) is 12.5 Å². The molecular weight excluding hydrogens is 434 g/mol. The summed E-state index contributed by atoms with van der Waals surface area (Å²) in [6.45, 7) is 13.2. The standard InChI is InChI=1S/C30H30N3S/c1-17-10-18(2)19(3)24(11-17)27-29-26(21(14-31)16-33(27)7)23-9-8-20-12-22(13-30(4,5)6)32-15-25(20)28(23)34-29/h8-12,15-16H,13H2,1-7H3/q+1. The first-order valence-corrected chi connectivity index (χ1v) is 12.5. The summed E-state index contributed by atoms with van der Waals surface area (Å²) >= 11 is 1.78. The second-order valence-electron chi connectivity index (χ2n) is 10.8. The lowest BCUT2D eigenvalue weighted by molar-refractivity contribution is -0.659. The summed E-state index contributed by atoms with van der Waals surface area (Å²) in [7, 11) is 2.05. The summed E-state index contributed by atoms with van der Waals surface area (Å²) in [5, 5.41) is 14.6. The lowest BCUT2D eigenvalue weighted by Gasteiger charge is -2.17. The summed E-state index contributed by atoms with van der Waals surface area (Å²) < 4.78 is 4.49. The van der Waals surface area contributed by atoms with Crippen molar-refractivity contribution < 1.29 is 4.57 Å². The number of nitrogens with zero attached hydrogens (tertiary/aromatic N) is 3. The fourth-order valence-electron chi connectivity index (χ4n) is 5.06. The normalized spacial score (nSPS) is 12.1. The minimum Gasteiger partial charge on any atom is -0.261 e. The van der Waals surface area contributed by atoms with Crippen LogP contribution in [0.15, 0.2) is 42.7 Å². The van der Waals surface area contributed by atoms with Crippen LogP contribution in [0, 0.1) is 37.5 Å². The zero-order valence-corrected chi connectivity index (χ0v) is 21.8. The average molecular weight is 465 g/mol. The van der Waals surface area contributed by atoms with E-state index in [1.54, 1.807) is 11.3 Å². The number of hydrogen-bond acceptors (Lipinski definition) is 3. The molecule has 5 aromatic rings. The number of fused-ring (bicyclic) bond motifs is 5. The van der Waals surface area contributed by atoms with Gasteiger partial charge < -0.3 is 0 Å². The number of thiophene rings is 1. The predicted molar refractivity (Wildman–Crippen MR) is 143 cm³/mol. The molecular formula is C30H30N3S+. The number of benzene rings is 2. The first kappa shape index (κ1) is 22.5. The second-order valence-corrected chi connectivity index (χ2v) is 11.8. The molecule has 170 valence electrons. The number of aryl methyl sites for hydroxylation is 3. The van der Waals surface area contributed by atoms with Crippen molar-refractivity contribution in [2.45, 2.75) is 48.0 Å². The smallest absolute Gasteiger partial charge is 0.230 e. The largest absolute Gasteiger partial charge is 0.261 e. The zero-order chi connectivity index (χ0) is 24.4. The lowest BCUT2D eigenvalue weighted by Crippen LogP contribution is -2.31. The van der Waals surface area contributed by atoms with Gasteiger partial charge in [0.05, 0.1) is 5.56 Å². The molecule has 3 nitrogen and oxygen atoms in total. The van der Waals surface area contributed by atoms with Crippen molar-refractivity contribution in [3.05, 3.63) is 70.7 Å². The van der Waals surface area contributed by atoms with E-state index in [2.05, 4.69) is 89.6 Å². The Morgan fingerprint density at radius 2 is 1.79 bits per heavy atom. The molecule has 0 fully saturated rings. The first-order chi connectivity index (χ1) is 16.1. The molecule has 0 amide bonds. The average Bonchev–Trinajstić information content (AvgIpc) is 3.14. The number of aromatic nitrogens is 2. The van der Waals surface area contributed by atoms with Gasteiger partial charge in [0, 0.05) is 32.7 Å². The van der Waals surface area contributed by atoms with Gasteiger partial charge in [0.25, 0.3) is 0 Å². The van der Waals surface area contributed by atoms with E-state index in [0.717, 1.165) is 33.0 Å². The van der Waals surface area contributed by atoms with E-state index < -0.39 is 0 Å². The van der Waals surface area contributed by atoms with Gasteiger partial charge in [0.2, 0.25) is 5.69 Å². The Hall–Kier alpha value is -3.29. The molecule has 5 rings (SSSR count). The van der Waals surface area contributed by atoms with Crippen molar-refractivity contribution in [3.63, 3.8) is 0 Å². The molecule has 2 aromatic carbocycles. The molecule has 0 saturated carbocycles. The molecule has 0 aliphatic carbocycles. The van der Waals surface area contributed by atoms with Gasteiger partial charge in [0.1, 0.15) is 23.4 Å². The van der Waals surface area contributed by atoms with Gasteiger partial charge in [-0.05, 0) is 61.3 Å². The van der Waals surface area contributed by atoms with E-state index in [1.807, 2.05) is 12.4 Å². The van der Waals surface area contributed by atoms with Crippen molar-refractivity contribution in [1.29, 1.82) is 5.26 Å². The van der Waals surface area contributed by atoms with E-state index in [9.17, 15) is 5.26 Å². The van der Waals surface area contributed by atoms with Crippen LogP contribution in [0.2, 0.25) is 0 Å². The van der Waals surface area contributed by atoms with Crippen molar-refractivity contribution >= 4 is 42.3 Å². The summed E-state index contributed by atoms with van der Waals surface area (Å²) in [6, 6.07) is 13.6. The van der Waals surface area contributed by atoms with E-state index in [-0.39, 0.29) is 5.41 Å². The van der Waals surface area contributed by atoms with Gasteiger partial charge in [-0.3, -0.25) is 4.98 Å². The van der Waals surface area contributed by atoms with Gasteiger partial charge in [-0.25, -0.2) is 0 Å². The van der Waals surface area contributed by atoms with Crippen LogP contribution in [0.3, 0.4) is 0 Å². The van der Waals surface area contributed by atoms with E-state index in [1.165, 1.54) is 38.0 Å². The van der Waals surface area contributed by atoms with E-state index >= 15 is 0 Å². The minimum absolute atomic E-state index is 0.192. The lowest BCUT2D eigenvalue weighted by atomic mass is 9.90. The second kappa shape index (κ2) is 7.89. The molecule has 0 aliphatic heterocycles. The molecule has 0 bridgehead atoms. The molecule has 0 radical (unpaired) electrons. The Morgan fingerprint density at radius 3 is 2.50 bits per heavy atom. The van der Waals surface area contributed by atoms with Gasteiger partial charge in [-0.15, -0.1) is 11.3 Å². The highest BCUT2D eigenvalue weighted by molar-refractivity contribution is 7.27. The Kier molecular flexibility index (Phi) is 5.22. The quantitative estimate of drug-likeness (QED) is 0.254. The molecule has 0 N–H and O–H groups in total. The summed E-state index contributed by atoms with van der Waals surface area (Å²) in [4.78, 5) is 4.83. The fraction of sp³-hybridized carbons (Fsp3) is 0.300. The molecule has 3 heterocycles. The highest BCUT2D eigenvalue weighted by Crippen LogP contribution is 2.43. The molecule has 0 atom stereocenters. The van der Waals surface area contributed by atoms with Gasteiger partial charge in [-0.1, -0.05) is 44.5 Å². The van der Waals surface area contributed by atoms with Gasteiger partial charge in [-0.2, -0.15) is 9.83 Å². The first-order valence-electron chi connectivity index (χ1n) is 11.7. The Balaban J connectivity index is 1.87. The highest BCUT2D eigenvalue weighted by Gasteiger charge is 2.25. The van der Waals surface area contributed by atoms with Crippen LogP contribution in [0.25, 0.3) is 42.2 Å². The van der Waals surface area contributed by atoms with Crippen molar-refractivity contribution in [3.8, 4) is 17.3 Å². The van der Waals surface area contributed by atoms with E-state index in [0.29, 0.717) is 5.56 Å². The van der Waals surface area contributed by atoms with Crippen LogP contribution in [-0.2, 0) is 13.5 Å². The molecule has 0 saturated heterocycles. The fourth-order valence-corrected chi connectivity index (χ4v) is 6.50. The van der Waals surface area contributed by atoms with Crippen LogP contribution >= 0.6 is 11.3 Å². The molecule has 4 heteroatoms. The number of pyridine rings is 2. The SMILES string of the molecule is Cc1cc(C)c(C)c(-c2c3sc4c5cnc(CC(C)(C)C)cc5ccc4c3c(C#N)c[n+]2C)c1. The van der Waals surface area contributed by atoms with E-state index in [4.69, 9.17) is 4.98 Å². The van der Waals surface area contributed by atoms with Crippen molar-refractivity contribution in [2.75, 3.05) is 0 Å². The number of nitriles is 1. The minimum atomic E-state index is 0.192. The maximum atomic E-state index is 10.0. The Bertz CT molecular complexity index is 1660. The summed E-state index contributed by atoms with van der Waals surface area (Å²) in [5.74, 6) is 0. The molecule has 0 aliphatic rings. The topological polar surface area (TPSA) is 40.6 Å². The maximum Gasteiger partial charge on any atom is 0.230 e. The van der Waals surface area contributed by atoms with Crippen molar-refractivity contribution in [1.82, 2.24) is 4.98 Å². The highest BCUT2D eigenvalue weighted by atomic mass is 32.1. The van der Waals surface area contributed by atoms with Crippen LogP contribution in [0.1, 0.15) is 48.7 Å².